The minimum atomic E-state index is -0.490. The number of rotatable bonds is 6. The van der Waals surface area contributed by atoms with Gasteiger partial charge in [-0.15, -0.1) is 11.8 Å². The lowest BCUT2D eigenvalue weighted by molar-refractivity contribution is -0.141. The van der Waals surface area contributed by atoms with E-state index >= 15 is 0 Å². The monoisotopic (exact) mass is 343 g/mol. The van der Waals surface area contributed by atoms with Gasteiger partial charge in [0.15, 0.2) is 0 Å². The van der Waals surface area contributed by atoms with Crippen molar-refractivity contribution in [2.45, 2.75) is 38.6 Å². The van der Waals surface area contributed by atoms with E-state index in [1.807, 2.05) is 0 Å². The van der Waals surface area contributed by atoms with Gasteiger partial charge in [0.2, 0.25) is 11.8 Å². The minimum Gasteiger partial charge on any atom is -0.450 e. The molecule has 3 amide bonds. The van der Waals surface area contributed by atoms with Crippen LogP contribution in [-0.4, -0.2) is 60.2 Å². The number of ether oxygens (including phenoxy) is 1. The molecule has 0 bridgehead atoms. The van der Waals surface area contributed by atoms with Gasteiger partial charge in [-0.3, -0.25) is 9.59 Å². The summed E-state index contributed by atoms with van der Waals surface area (Å²) in [4.78, 5) is 37.6. The lowest BCUT2D eigenvalue weighted by Crippen LogP contribution is -2.49. The first-order chi connectivity index (χ1) is 11.1. The zero-order valence-electron chi connectivity index (χ0n) is 13.5. The fourth-order valence-electron chi connectivity index (χ4n) is 2.93. The molecule has 0 aromatic carbocycles. The Kier molecular flexibility index (Phi) is 7.01. The Hall–Kier alpha value is -1.44. The Balaban J connectivity index is 1.74. The number of alkyl carbamates (subject to hydrolysis) is 1. The number of thioether (sulfide) groups is 1. The molecule has 0 aromatic heterocycles. The molecule has 1 saturated heterocycles. The molecule has 7 nitrogen and oxygen atoms in total. The summed E-state index contributed by atoms with van der Waals surface area (Å²) in [6.45, 7) is 2.68. The predicted octanol–water partition coefficient (Wildman–Crippen LogP) is 0.940. The maximum atomic E-state index is 12.5. The molecule has 0 unspecified atom stereocenters. The van der Waals surface area contributed by atoms with Crippen molar-refractivity contribution < 1.29 is 19.1 Å². The quantitative estimate of drug-likeness (QED) is 0.701. The smallest absolute Gasteiger partial charge is 0.407 e. The third-order valence-corrected chi connectivity index (χ3v) is 5.15. The van der Waals surface area contributed by atoms with E-state index in [4.69, 9.17) is 4.74 Å². The van der Waals surface area contributed by atoms with E-state index in [9.17, 15) is 14.4 Å². The minimum absolute atomic E-state index is 0.0921. The lowest BCUT2D eigenvalue weighted by atomic mass is 10.1. The van der Waals surface area contributed by atoms with Crippen molar-refractivity contribution in [2.75, 3.05) is 31.3 Å². The predicted molar refractivity (Wildman–Crippen MR) is 88.0 cm³/mol. The van der Waals surface area contributed by atoms with Gasteiger partial charge in [-0.2, -0.15) is 0 Å². The molecule has 1 aliphatic carbocycles. The molecule has 1 heterocycles. The van der Waals surface area contributed by atoms with E-state index in [1.54, 1.807) is 23.6 Å². The summed E-state index contributed by atoms with van der Waals surface area (Å²) in [7, 11) is 0. The number of nitrogens with one attached hydrogen (secondary N) is 2. The highest BCUT2D eigenvalue weighted by Gasteiger charge is 2.38. The van der Waals surface area contributed by atoms with Gasteiger partial charge in [0.1, 0.15) is 6.04 Å². The largest absolute Gasteiger partial charge is 0.450 e. The standard InChI is InChI=1S/C15H25N3O4S/c1-2-22-15(21)17-8-7-16-13(19)12-9-23-10-18(12)14(20)11-5-3-4-6-11/h11-12H,2-10H2,1H3,(H,16,19)(H,17,21)/t12-/m0/s1. The van der Waals surface area contributed by atoms with Gasteiger partial charge in [0, 0.05) is 24.8 Å². The Morgan fingerprint density at radius 3 is 2.57 bits per heavy atom. The van der Waals surface area contributed by atoms with E-state index in [0.29, 0.717) is 31.3 Å². The molecule has 0 radical (unpaired) electrons. The summed E-state index contributed by atoms with van der Waals surface area (Å²) in [6.07, 6.45) is 3.60. The third kappa shape index (κ3) is 5.02. The summed E-state index contributed by atoms with van der Waals surface area (Å²) >= 11 is 1.61. The number of hydrogen-bond donors (Lipinski definition) is 2. The second kappa shape index (κ2) is 9.00. The molecule has 2 N–H and O–H groups in total. The van der Waals surface area contributed by atoms with E-state index in [-0.39, 0.29) is 17.7 Å². The number of hydrogen-bond acceptors (Lipinski definition) is 5. The van der Waals surface area contributed by atoms with Crippen LogP contribution in [-0.2, 0) is 14.3 Å². The highest BCUT2D eigenvalue weighted by Crippen LogP contribution is 2.30. The molecule has 23 heavy (non-hydrogen) atoms. The Morgan fingerprint density at radius 2 is 1.87 bits per heavy atom. The molecule has 0 aromatic rings. The third-order valence-electron chi connectivity index (χ3n) is 4.14. The van der Waals surface area contributed by atoms with Gasteiger partial charge in [0.25, 0.3) is 0 Å². The van der Waals surface area contributed by atoms with Gasteiger partial charge < -0.3 is 20.3 Å². The van der Waals surface area contributed by atoms with Crippen LogP contribution in [0, 0.1) is 5.92 Å². The van der Waals surface area contributed by atoms with Crippen LogP contribution >= 0.6 is 11.8 Å². The maximum absolute atomic E-state index is 12.5. The van der Waals surface area contributed by atoms with Crippen LogP contribution < -0.4 is 10.6 Å². The van der Waals surface area contributed by atoms with Crippen LogP contribution in [0.15, 0.2) is 0 Å². The molecule has 0 spiro atoms. The van der Waals surface area contributed by atoms with Crippen molar-refractivity contribution in [2.24, 2.45) is 5.92 Å². The number of carbonyl (C=O) groups is 3. The first kappa shape index (κ1) is 17.9. The topological polar surface area (TPSA) is 87.7 Å². The van der Waals surface area contributed by atoms with Crippen LogP contribution in [0.4, 0.5) is 4.79 Å². The van der Waals surface area contributed by atoms with Gasteiger partial charge in [-0.1, -0.05) is 12.8 Å². The van der Waals surface area contributed by atoms with Crippen molar-refractivity contribution in [1.29, 1.82) is 0 Å². The fourth-order valence-corrected chi connectivity index (χ4v) is 4.10. The number of amides is 3. The highest BCUT2D eigenvalue weighted by molar-refractivity contribution is 7.99. The van der Waals surface area contributed by atoms with Crippen molar-refractivity contribution in [3.63, 3.8) is 0 Å². The molecule has 1 saturated carbocycles. The first-order valence-electron chi connectivity index (χ1n) is 8.20. The average molecular weight is 343 g/mol. The number of nitrogens with zero attached hydrogens (tertiary/aromatic N) is 1. The molecule has 1 aliphatic heterocycles. The molecule has 2 rings (SSSR count). The second-order valence-corrected chi connectivity index (χ2v) is 6.74. The summed E-state index contributed by atoms with van der Waals surface area (Å²) in [5.74, 6) is 1.29. The molecule has 2 aliphatic rings. The van der Waals surface area contributed by atoms with Crippen molar-refractivity contribution in [3.05, 3.63) is 0 Å². The zero-order chi connectivity index (χ0) is 16.7. The molecule has 1 atom stereocenters. The number of carbonyl (C=O) groups excluding carboxylic acids is 3. The fraction of sp³-hybridized carbons (Fsp3) is 0.800. The Morgan fingerprint density at radius 1 is 1.17 bits per heavy atom. The van der Waals surface area contributed by atoms with Crippen LogP contribution in [0.25, 0.3) is 0 Å². The van der Waals surface area contributed by atoms with Gasteiger partial charge in [-0.05, 0) is 19.8 Å². The van der Waals surface area contributed by atoms with Crippen molar-refractivity contribution >= 4 is 29.7 Å². The van der Waals surface area contributed by atoms with E-state index in [1.165, 1.54) is 0 Å². The molecule has 8 heteroatoms. The van der Waals surface area contributed by atoms with Gasteiger partial charge in [0.05, 0.1) is 12.5 Å². The summed E-state index contributed by atoms with van der Waals surface area (Å²) in [5.41, 5.74) is 0. The van der Waals surface area contributed by atoms with Gasteiger partial charge >= 0.3 is 6.09 Å². The Bertz CT molecular complexity index is 440. The molecular formula is C15H25N3O4S. The summed E-state index contributed by atoms with van der Waals surface area (Å²) in [6, 6.07) is -0.393. The molecule has 130 valence electrons. The molecule has 2 fully saturated rings. The second-order valence-electron chi connectivity index (χ2n) is 5.74. The van der Waals surface area contributed by atoms with Crippen LogP contribution in [0.3, 0.4) is 0 Å². The van der Waals surface area contributed by atoms with Crippen molar-refractivity contribution in [1.82, 2.24) is 15.5 Å². The van der Waals surface area contributed by atoms with Crippen molar-refractivity contribution in [3.8, 4) is 0 Å². The summed E-state index contributed by atoms with van der Waals surface area (Å²) < 4.78 is 4.74. The first-order valence-corrected chi connectivity index (χ1v) is 9.35. The maximum Gasteiger partial charge on any atom is 0.407 e. The summed E-state index contributed by atoms with van der Waals surface area (Å²) in [5, 5.41) is 5.33. The van der Waals surface area contributed by atoms with E-state index < -0.39 is 12.1 Å². The lowest BCUT2D eigenvalue weighted by Gasteiger charge is -2.25. The Labute approximate surface area is 140 Å². The van der Waals surface area contributed by atoms with Crippen LogP contribution in [0.2, 0.25) is 0 Å². The van der Waals surface area contributed by atoms with Crippen LogP contribution in [0.1, 0.15) is 32.6 Å². The van der Waals surface area contributed by atoms with Gasteiger partial charge in [-0.25, -0.2) is 4.79 Å². The van der Waals surface area contributed by atoms with Crippen LogP contribution in [0.5, 0.6) is 0 Å². The SMILES string of the molecule is CCOC(=O)NCCNC(=O)[C@@H]1CSCN1C(=O)C1CCCC1. The van der Waals surface area contributed by atoms with E-state index in [2.05, 4.69) is 10.6 Å². The normalized spacial score (nSPS) is 21.3. The molecular weight excluding hydrogens is 318 g/mol. The zero-order valence-corrected chi connectivity index (χ0v) is 14.3. The average Bonchev–Trinajstić information content (AvgIpc) is 3.21. The van der Waals surface area contributed by atoms with E-state index in [0.717, 1.165) is 25.7 Å². The highest BCUT2D eigenvalue weighted by atomic mass is 32.2.